The first-order chi connectivity index (χ1) is 17.6. The first-order valence-corrected chi connectivity index (χ1v) is 11.5. The molecule has 10 nitrogen and oxygen atoms in total. The standard InChI is InChI=1S/C21H17F6N5O5S/c1-32(37-19(33)21(25,26)27)38(34,35)16-5-3-4-13(9-16)30-17-10-18(29-11-28-17)31-14-6-12(20(22,23)24)7-15(8-14)36-2/h3-11H,1-2H3,(H2,28,29,30,31). The second kappa shape index (κ2) is 10.7. The van der Waals surface area contributed by atoms with Gasteiger partial charge in [0.05, 0.1) is 17.6 Å². The summed E-state index contributed by atoms with van der Waals surface area (Å²) in [5.74, 6) is -2.64. The molecule has 17 heteroatoms. The number of hydrogen-bond donors (Lipinski definition) is 2. The molecule has 38 heavy (non-hydrogen) atoms. The predicted octanol–water partition coefficient (Wildman–Crippen LogP) is 4.63. The average molecular weight is 565 g/mol. The van der Waals surface area contributed by atoms with Gasteiger partial charge in [0.25, 0.3) is 10.0 Å². The average Bonchev–Trinajstić information content (AvgIpc) is 2.83. The highest BCUT2D eigenvalue weighted by Crippen LogP contribution is 2.35. The number of carbonyl (C=O) groups excluding carboxylic acids is 1. The summed E-state index contributed by atoms with van der Waals surface area (Å²) >= 11 is 0. The summed E-state index contributed by atoms with van der Waals surface area (Å²) in [7, 11) is -2.86. The Morgan fingerprint density at radius 3 is 2.13 bits per heavy atom. The molecule has 0 radical (unpaired) electrons. The summed E-state index contributed by atoms with van der Waals surface area (Å²) in [5, 5.41) is 5.42. The van der Waals surface area contributed by atoms with Crippen LogP contribution in [0.2, 0.25) is 0 Å². The third-order valence-corrected chi connectivity index (χ3v) is 6.20. The van der Waals surface area contributed by atoms with Crippen LogP contribution in [-0.4, -0.2) is 49.2 Å². The number of methoxy groups -OCH3 is 1. The van der Waals surface area contributed by atoms with E-state index < -0.39 is 38.8 Å². The van der Waals surface area contributed by atoms with Gasteiger partial charge in [-0.25, -0.2) is 23.2 Å². The lowest BCUT2D eigenvalue weighted by molar-refractivity contribution is -0.219. The van der Waals surface area contributed by atoms with Gasteiger partial charge in [-0.05, 0) is 34.8 Å². The third kappa shape index (κ3) is 7.00. The lowest BCUT2D eigenvalue weighted by Gasteiger charge is -2.17. The van der Waals surface area contributed by atoms with Crippen molar-refractivity contribution in [3.8, 4) is 5.75 Å². The Morgan fingerprint density at radius 1 is 0.921 bits per heavy atom. The topological polar surface area (TPSA) is 123 Å². The van der Waals surface area contributed by atoms with E-state index in [0.29, 0.717) is 7.05 Å². The van der Waals surface area contributed by atoms with Crippen molar-refractivity contribution in [2.45, 2.75) is 17.2 Å². The largest absolute Gasteiger partial charge is 0.497 e. The predicted molar refractivity (Wildman–Crippen MR) is 120 cm³/mol. The molecule has 0 spiro atoms. The molecule has 0 aliphatic rings. The number of ether oxygens (including phenoxy) is 1. The minimum absolute atomic E-state index is 0.00542. The van der Waals surface area contributed by atoms with Crippen LogP contribution in [0, 0.1) is 0 Å². The Bertz CT molecular complexity index is 1430. The number of sulfonamides is 1. The highest BCUT2D eigenvalue weighted by molar-refractivity contribution is 7.89. The fourth-order valence-electron chi connectivity index (χ4n) is 2.84. The van der Waals surface area contributed by atoms with Gasteiger partial charge in [0.15, 0.2) is 0 Å². The molecule has 0 aliphatic carbocycles. The van der Waals surface area contributed by atoms with Crippen LogP contribution >= 0.6 is 0 Å². The number of benzene rings is 2. The zero-order valence-corrected chi connectivity index (χ0v) is 20.1. The van der Waals surface area contributed by atoms with Gasteiger partial charge in [0.2, 0.25) is 0 Å². The van der Waals surface area contributed by atoms with Crippen LogP contribution in [0.3, 0.4) is 0 Å². The van der Waals surface area contributed by atoms with Gasteiger partial charge < -0.3 is 20.2 Å². The number of anilines is 4. The molecule has 0 aliphatic heterocycles. The lowest BCUT2D eigenvalue weighted by atomic mass is 10.1. The molecule has 3 aromatic rings. The van der Waals surface area contributed by atoms with Crippen molar-refractivity contribution in [3.05, 3.63) is 60.4 Å². The van der Waals surface area contributed by atoms with Crippen molar-refractivity contribution in [1.29, 1.82) is 0 Å². The van der Waals surface area contributed by atoms with Crippen LogP contribution in [0.25, 0.3) is 0 Å². The number of carbonyl (C=O) groups is 1. The van der Waals surface area contributed by atoms with Crippen LogP contribution in [0.5, 0.6) is 5.75 Å². The molecule has 0 saturated heterocycles. The molecule has 1 aromatic heterocycles. The second-order valence-electron chi connectivity index (χ2n) is 7.31. The van der Waals surface area contributed by atoms with Crippen molar-refractivity contribution in [2.75, 3.05) is 24.8 Å². The van der Waals surface area contributed by atoms with Crippen LogP contribution in [0.1, 0.15) is 5.56 Å². The van der Waals surface area contributed by atoms with Crippen molar-refractivity contribution in [1.82, 2.24) is 14.4 Å². The van der Waals surface area contributed by atoms with E-state index in [-0.39, 0.29) is 33.2 Å². The fraction of sp³-hybridized carbons (Fsp3) is 0.190. The number of aromatic nitrogens is 2. The van der Waals surface area contributed by atoms with Gasteiger partial charge in [0.1, 0.15) is 23.7 Å². The first-order valence-electron chi connectivity index (χ1n) is 10.1. The third-order valence-electron chi connectivity index (χ3n) is 4.59. The molecule has 0 atom stereocenters. The lowest BCUT2D eigenvalue weighted by Crippen LogP contribution is -2.36. The molecule has 0 bridgehead atoms. The monoisotopic (exact) mass is 565 g/mol. The van der Waals surface area contributed by atoms with E-state index in [4.69, 9.17) is 4.74 Å². The highest BCUT2D eigenvalue weighted by atomic mass is 32.2. The number of rotatable bonds is 8. The van der Waals surface area contributed by atoms with Gasteiger partial charge >= 0.3 is 18.3 Å². The van der Waals surface area contributed by atoms with Gasteiger partial charge in [0, 0.05) is 30.6 Å². The number of hydroxylamine groups is 1. The normalized spacial score (nSPS) is 12.2. The summed E-state index contributed by atoms with van der Waals surface area (Å²) in [6.45, 7) is 0. The Morgan fingerprint density at radius 2 is 1.55 bits per heavy atom. The van der Waals surface area contributed by atoms with Crippen LogP contribution in [0.4, 0.5) is 49.4 Å². The van der Waals surface area contributed by atoms with Crippen LogP contribution in [0.15, 0.2) is 59.8 Å². The van der Waals surface area contributed by atoms with E-state index in [1.165, 1.54) is 31.4 Å². The van der Waals surface area contributed by atoms with Gasteiger partial charge in [-0.2, -0.15) is 26.3 Å². The smallest absolute Gasteiger partial charge is 0.492 e. The van der Waals surface area contributed by atoms with E-state index >= 15 is 0 Å². The number of halogens is 6. The number of hydrogen-bond acceptors (Lipinski definition) is 9. The summed E-state index contributed by atoms with van der Waals surface area (Å²) in [6.07, 6.45) is -8.97. The molecule has 3 rings (SSSR count). The molecule has 2 N–H and O–H groups in total. The number of nitrogens with one attached hydrogen (secondary N) is 2. The van der Waals surface area contributed by atoms with Crippen molar-refractivity contribution in [2.24, 2.45) is 0 Å². The zero-order valence-electron chi connectivity index (χ0n) is 19.3. The molecular weight excluding hydrogens is 548 g/mol. The second-order valence-corrected chi connectivity index (χ2v) is 9.24. The maximum atomic E-state index is 13.2. The fourth-order valence-corrected chi connectivity index (χ4v) is 3.83. The Labute approximate surface area is 211 Å². The van der Waals surface area contributed by atoms with Gasteiger partial charge in [-0.1, -0.05) is 6.07 Å². The van der Waals surface area contributed by atoms with E-state index in [1.807, 2.05) is 0 Å². The number of nitrogens with zero attached hydrogens (tertiary/aromatic N) is 3. The molecule has 0 saturated carbocycles. The molecule has 0 unspecified atom stereocenters. The van der Waals surface area contributed by atoms with E-state index in [1.54, 1.807) is 0 Å². The van der Waals surface area contributed by atoms with Crippen molar-refractivity contribution < 1.29 is 49.1 Å². The Balaban J connectivity index is 1.80. The first kappa shape index (κ1) is 28.5. The van der Waals surface area contributed by atoms with E-state index in [9.17, 15) is 39.6 Å². The maximum Gasteiger partial charge on any atom is 0.492 e. The van der Waals surface area contributed by atoms with Crippen LogP contribution < -0.4 is 15.4 Å². The summed E-state index contributed by atoms with van der Waals surface area (Å²) < 4.78 is 106. The van der Waals surface area contributed by atoms with Gasteiger partial charge in [-0.3, -0.25) is 0 Å². The van der Waals surface area contributed by atoms with Crippen LogP contribution in [-0.2, 0) is 25.8 Å². The summed E-state index contributed by atoms with van der Waals surface area (Å²) in [4.78, 5) is 22.2. The summed E-state index contributed by atoms with van der Waals surface area (Å²) in [5.41, 5.74) is -0.853. The molecule has 0 amide bonds. The maximum absolute atomic E-state index is 13.2. The minimum Gasteiger partial charge on any atom is -0.497 e. The van der Waals surface area contributed by atoms with Crippen molar-refractivity contribution in [3.63, 3.8) is 0 Å². The van der Waals surface area contributed by atoms with Gasteiger partial charge in [-0.15, -0.1) is 0 Å². The highest BCUT2D eigenvalue weighted by Gasteiger charge is 2.43. The molecule has 2 aromatic carbocycles. The zero-order chi connectivity index (χ0) is 28.3. The molecule has 204 valence electrons. The SMILES string of the molecule is COc1cc(Nc2cc(Nc3cccc(S(=O)(=O)N(C)OC(=O)C(F)(F)F)c3)ncn2)cc(C(F)(F)F)c1. The van der Waals surface area contributed by atoms with E-state index in [0.717, 1.165) is 30.6 Å². The van der Waals surface area contributed by atoms with Crippen molar-refractivity contribution >= 4 is 39.0 Å². The minimum atomic E-state index is -5.41. The molecular formula is C21H17F6N5O5S. The Kier molecular flexibility index (Phi) is 8.01. The number of alkyl halides is 6. The molecule has 0 fully saturated rings. The Hall–Kier alpha value is -4.12. The quantitative estimate of drug-likeness (QED) is 0.297. The summed E-state index contributed by atoms with van der Waals surface area (Å²) in [6, 6.07) is 8.99. The van der Waals surface area contributed by atoms with E-state index in [2.05, 4.69) is 25.4 Å². The molecule has 1 heterocycles.